The molecule has 3 fully saturated rings. The summed E-state index contributed by atoms with van der Waals surface area (Å²) in [6, 6.07) is 0. The number of aliphatic hydroxyl groups is 1. The number of methoxy groups -OCH3 is 1. The predicted molar refractivity (Wildman–Crippen MR) is 70.7 cm³/mol. The summed E-state index contributed by atoms with van der Waals surface area (Å²) in [4.78, 5) is 28.2. The minimum absolute atomic E-state index is 0.0245. The molecule has 6 nitrogen and oxygen atoms in total. The highest BCUT2D eigenvalue weighted by Crippen LogP contribution is 2.35. The summed E-state index contributed by atoms with van der Waals surface area (Å²) in [5.41, 5.74) is 0. The van der Waals surface area contributed by atoms with Crippen molar-refractivity contribution >= 4 is 11.8 Å². The Kier molecular flexibility index (Phi) is 3.69. The molecule has 0 spiro atoms. The zero-order valence-electron chi connectivity index (χ0n) is 11.8. The summed E-state index contributed by atoms with van der Waals surface area (Å²) < 4.78 is 5.02. The third kappa shape index (κ3) is 2.31. The fourth-order valence-electron chi connectivity index (χ4n) is 3.57. The largest absolute Gasteiger partial charge is 0.393 e. The van der Waals surface area contributed by atoms with Crippen LogP contribution >= 0.6 is 0 Å². The second-order valence-corrected chi connectivity index (χ2v) is 6.21. The van der Waals surface area contributed by atoms with Gasteiger partial charge in [-0.15, -0.1) is 0 Å². The van der Waals surface area contributed by atoms with E-state index in [1.54, 1.807) is 7.11 Å². The summed E-state index contributed by atoms with van der Waals surface area (Å²) in [6.07, 6.45) is 0.856. The lowest BCUT2D eigenvalue weighted by Crippen LogP contribution is -2.44. The van der Waals surface area contributed by atoms with Crippen LogP contribution in [0, 0.1) is 17.8 Å². The molecule has 1 N–H and O–H groups in total. The average Bonchev–Trinajstić information content (AvgIpc) is 2.92. The fourth-order valence-corrected chi connectivity index (χ4v) is 3.57. The maximum absolute atomic E-state index is 12.3. The Morgan fingerprint density at radius 3 is 2.70 bits per heavy atom. The molecule has 0 aromatic heterocycles. The van der Waals surface area contributed by atoms with Crippen molar-refractivity contribution in [1.82, 2.24) is 9.80 Å². The van der Waals surface area contributed by atoms with Crippen LogP contribution in [0.3, 0.4) is 0 Å². The van der Waals surface area contributed by atoms with Crippen LogP contribution in [-0.2, 0) is 14.3 Å². The molecule has 0 unspecified atom stereocenters. The summed E-state index contributed by atoms with van der Waals surface area (Å²) in [5, 5.41) is 9.29. The van der Waals surface area contributed by atoms with Gasteiger partial charge >= 0.3 is 0 Å². The smallest absolute Gasteiger partial charge is 0.227 e. The molecule has 0 radical (unpaired) electrons. The number of nitrogens with zero attached hydrogens (tertiary/aromatic N) is 2. The molecule has 3 aliphatic rings. The first-order chi connectivity index (χ1) is 9.60. The molecule has 1 saturated carbocycles. The zero-order valence-corrected chi connectivity index (χ0v) is 11.8. The van der Waals surface area contributed by atoms with Gasteiger partial charge in [-0.05, 0) is 12.8 Å². The molecule has 1 aliphatic carbocycles. The molecule has 2 aliphatic heterocycles. The molecule has 0 bridgehead atoms. The predicted octanol–water partition coefficient (Wildman–Crippen LogP) is -0.679. The Balaban J connectivity index is 1.54. The first-order valence-electron chi connectivity index (χ1n) is 7.34. The first kappa shape index (κ1) is 13.8. The van der Waals surface area contributed by atoms with Gasteiger partial charge in [-0.2, -0.15) is 0 Å². The normalized spacial score (nSPS) is 36.2. The van der Waals surface area contributed by atoms with Crippen molar-refractivity contribution < 1.29 is 19.4 Å². The highest BCUT2D eigenvalue weighted by Gasteiger charge is 2.48. The van der Waals surface area contributed by atoms with E-state index in [9.17, 15) is 14.7 Å². The number of likely N-dealkylation sites (tertiary alicyclic amines) is 2. The lowest BCUT2D eigenvalue weighted by molar-refractivity contribution is -0.142. The van der Waals surface area contributed by atoms with E-state index >= 15 is 0 Å². The van der Waals surface area contributed by atoms with Gasteiger partial charge in [-0.25, -0.2) is 0 Å². The number of hydrogen-bond acceptors (Lipinski definition) is 4. The van der Waals surface area contributed by atoms with E-state index in [1.807, 2.05) is 9.80 Å². The van der Waals surface area contributed by atoms with Crippen LogP contribution in [0.4, 0.5) is 0 Å². The van der Waals surface area contributed by atoms with Crippen LogP contribution in [0.5, 0.6) is 0 Å². The maximum Gasteiger partial charge on any atom is 0.227 e. The molecular weight excluding hydrogens is 260 g/mol. The maximum atomic E-state index is 12.3. The number of carbonyl (C=O) groups is 2. The Morgan fingerprint density at radius 1 is 1.35 bits per heavy atom. The molecular formula is C14H22N2O4. The van der Waals surface area contributed by atoms with E-state index < -0.39 is 0 Å². The number of amides is 2. The van der Waals surface area contributed by atoms with Gasteiger partial charge < -0.3 is 19.6 Å². The lowest BCUT2D eigenvalue weighted by atomic mass is 9.81. The Morgan fingerprint density at radius 2 is 2.10 bits per heavy atom. The van der Waals surface area contributed by atoms with Crippen LogP contribution in [0.2, 0.25) is 0 Å². The van der Waals surface area contributed by atoms with Gasteiger partial charge in [0.05, 0.1) is 18.6 Å². The highest BCUT2D eigenvalue weighted by atomic mass is 16.5. The summed E-state index contributed by atoms with van der Waals surface area (Å²) in [6.45, 7) is 3.19. The first-order valence-corrected chi connectivity index (χ1v) is 7.34. The molecule has 2 saturated heterocycles. The van der Waals surface area contributed by atoms with Crippen molar-refractivity contribution in [2.75, 3.05) is 39.9 Å². The van der Waals surface area contributed by atoms with Crippen molar-refractivity contribution in [2.45, 2.75) is 18.9 Å². The van der Waals surface area contributed by atoms with E-state index in [0.29, 0.717) is 39.1 Å². The molecule has 6 heteroatoms. The second kappa shape index (κ2) is 5.33. The van der Waals surface area contributed by atoms with Gasteiger partial charge in [0.25, 0.3) is 0 Å². The molecule has 2 atom stereocenters. The van der Waals surface area contributed by atoms with Crippen LogP contribution in [0.25, 0.3) is 0 Å². The summed E-state index contributed by atoms with van der Waals surface area (Å²) in [5.74, 6) is 0.509. The number of rotatable bonds is 4. The molecule has 0 aromatic rings. The topological polar surface area (TPSA) is 70.1 Å². The average molecular weight is 282 g/mol. The van der Waals surface area contributed by atoms with E-state index in [4.69, 9.17) is 4.74 Å². The van der Waals surface area contributed by atoms with Crippen molar-refractivity contribution in [3.05, 3.63) is 0 Å². The van der Waals surface area contributed by atoms with Crippen LogP contribution < -0.4 is 0 Å². The van der Waals surface area contributed by atoms with Crippen molar-refractivity contribution in [3.63, 3.8) is 0 Å². The number of carbonyl (C=O) groups excluding carboxylic acids is 2. The zero-order chi connectivity index (χ0) is 14.3. The van der Waals surface area contributed by atoms with Crippen LogP contribution in [0.1, 0.15) is 12.8 Å². The standard InChI is InChI=1S/C14H22N2O4/c1-20-3-2-15-6-10-7-16(8-12(10)14(15)19)13(18)9-4-11(17)5-9/h9-12,17H,2-8H2,1H3/t9?,10-,11?,12+/m1/s1. The van der Waals surface area contributed by atoms with Gasteiger partial charge in [0, 0.05) is 45.1 Å². The van der Waals surface area contributed by atoms with Crippen LogP contribution in [-0.4, -0.2) is 72.7 Å². The van der Waals surface area contributed by atoms with Gasteiger partial charge in [-0.1, -0.05) is 0 Å². The molecule has 20 heavy (non-hydrogen) atoms. The quantitative estimate of drug-likeness (QED) is 0.742. The van der Waals surface area contributed by atoms with Crippen molar-refractivity contribution in [2.24, 2.45) is 17.8 Å². The third-order valence-corrected chi connectivity index (χ3v) is 4.86. The van der Waals surface area contributed by atoms with Crippen LogP contribution in [0.15, 0.2) is 0 Å². The number of ether oxygens (including phenoxy) is 1. The van der Waals surface area contributed by atoms with Crippen molar-refractivity contribution in [1.29, 1.82) is 0 Å². The highest BCUT2D eigenvalue weighted by molar-refractivity contribution is 5.85. The molecule has 2 amide bonds. The Bertz CT molecular complexity index is 408. The molecule has 0 aromatic carbocycles. The van der Waals surface area contributed by atoms with E-state index in [2.05, 4.69) is 0 Å². The third-order valence-electron chi connectivity index (χ3n) is 4.86. The van der Waals surface area contributed by atoms with E-state index in [1.165, 1.54) is 0 Å². The van der Waals surface area contributed by atoms with E-state index in [0.717, 1.165) is 6.54 Å². The second-order valence-electron chi connectivity index (χ2n) is 6.21. The summed E-state index contributed by atoms with van der Waals surface area (Å²) in [7, 11) is 1.63. The van der Waals surface area contributed by atoms with Gasteiger partial charge in [-0.3, -0.25) is 9.59 Å². The van der Waals surface area contributed by atoms with E-state index in [-0.39, 0.29) is 35.7 Å². The molecule has 2 heterocycles. The number of aliphatic hydroxyl groups excluding tert-OH is 1. The SMILES string of the molecule is COCCN1C[C@@H]2CN(C(=O)C3CC(O)C3)C[C@@H]2C1=O. The minimum atomic E-state index is -0.308. The molecule has 112 valence electrons. The number of fused-ring (bicyclic) bond motifs is 1. The number of hydrogen-bond donors (Lipinski definition) is 1. The minimum Gasteiger partial charge on any atom is -0.393 e. The molecule has 3 rings (SSSR count). The van der Waals surface area contributed by atoms with Crippen molar-refractivity contribution in [3.8, 4) is 0 Å². The van der Waals surface area contributed by atoms with Gasteiger partial charge in [0.1, 0.15) is 0 Å². The van der Waals surface area contributed by atoms with Gasteiger partial charge in [0.15, 0.2) is 0 Å². The lowest BCUT2D eigenvalue weighted by Gasteiger charge is -2.33. The Labute approximate surface area is 118 Å². The summed E-state index contributed by atoms with van der Waals surface area (Å²) >= 11 is 0. The fraction of sp³-hybridized carbons (Fsp3) is 0.857. The Hall–Kier alpha value is -1.14. The van der Waals surface area contributed by atoms with Gasteiger partial charge in [0.2, 0.25) is 11.8 Å². The monoisotopic (exact) mass is 282 g/mol.